The molecule has 0 saturated heterocycles. The Balaban J connectivity index is 1.67. The second-order valence-electron chi connectivity index (χ2n) is 7.17. The molecule has 9 heteroatoms. The molecule has 0 aliphatic rings. The number of azo groups is 1. The zero-order valence-corrected chi connectivity index (χ0v) is 18.5. The molecule has 0 bridgehead atoms. The van der Waals surface area contributed by atoms with Crippen LogP contribution in [0.3, 0.4) is 0 Å². The van der Waals surface area contributed by atoms with E-state index in [2.05, 4.69) is 26.3 Å². The summed E-state index contributed by atoms with van der Waals surface area (Å²) in [5.74, 6) is -0.490. The van der Waals surface area contributed by atoms with E-state index in [0.29, 0.717) is 34.1 Å². The molecule has 0 unspecified atom stereocenters. The number of amides is 3. The predicted molar refractivity (Wildman–Crippen MR) is 129 cm³/mol. The van der Waals surface area contributed by atoms with Crippen molar-refractivity contribution >= 4 is 51.8 Å². The Morgan fingerprint density at radius 2 is 1.00 bits per heavy atom. The number of hydrogen-bond donors (Lipinski definition) is 3. The van der Waals surface area contributed by atoms with Gasteiger partial charge in [0.25, 0.3) is 0 Å². The fourth-order valence-electron chi connectivity index (χ4n) is 2.88. The highest BCUT2D eigenvalue weighted by molar-refractivity contribution is 5.94. The van der Waals surface area contributed by atoms with E-state index >= 15 is 0 Å². The van der Waals surface area contributed by atoms with Crippen LogP contribution in [0, 0.1) is 0 Å². The lowest BCUT2D eigenvalue weighted by Crippen LogP contribution is -2.34. The summed E-state index contributed by atoms with van der Waals surface area (Å²) in [4.78, 5) is 34.4. The number of carbonyl (C=O) groups is 3. The molecular weight excluding hydrogens is 420 g/mol. The topological polar surface area (TPSA) is 115 Å². The standard InChI is InChI=1S/C24H24N6O3/c1-16(31)25-19-4-8-21(9-5-19)27-28-22-12-14-24(15-13-22)30(18(3)33)29-23-10-6-20(7-11-23)26-17(2)32/h4-15,29H,1-3H3,(H,25,31)(H,26,32). The van der Waals surface area contributed by atoms with Gasteiger partial charge in [-0.05, 0) is 72.8 Å². The molecule has 3 N–H and O–H groups in total. The number of hydrazine groups is 1. The summed E-state index contributed by atoms with van der Waals surface area (Å²) in [5, 5.41) is 15.2. The van der Waals surface area contributed by atoms with E-state index in [0.717, 1.165) is 0 Å². The van der Waals surface area contributed by atoms with Gasteiger partial charge in [0, 0.05) is 32.1 Å². The third kappa shape index (κ3) is 7.00. The van der Waals surface area contributed by atoms with Crippen molar-refractivity contribution in [2.45, 2.75) is 20.8 Å². The third-order valence-electron chi connectivity index (χ3n) is 4.34. The van der Waals surface area contributed by atoms with Gasteiger partial charge in [-0.2, -0.15) is 10.2 Å². The minimum absolute atomic E-state index is 0.138. The van der Waals surface area contributed by atoms with Gasteiger partial charge in [0.1, 0.15) is 0 Å². The first-order chi connectivity index (χ1) is 15.8. The Morgan fingerprint density at radius 3 is 1.42 bits per heavy atom. The number of rotatable bonds is 7. The first kappa shape index (κ1) is 23.1. The second-order valence-corrected chi connectivity index (χ2v) is 7.17. The Bertz CT molecular complexity index is 1160. The maximum Gasteiger partial charge on any atom is 0.242 e. The van der Waals surface area contributed by atoms with Crippen LogP contribution in [-0.4, -0.2) is 17.7 Å². The van der Waals surface area contributed by atoms with Gasteiger partial charge >= 0.3 is 0 Å². The van der Waals surface area contributed by atoms with Gasteiger partial charge < -0.3 is 10.6 Å². The molecule has 168 valence electrons. The van der Waals surface area contributed by atoms with E-state index in [-0.39, 0.29) is 17.7 Å². The summed E-state index contributed by atoms with van der Waals surface area (Å²) in [6, 6.07) is 21.0. The number of benzene rings is 3. The average molecular weight is 444 g/mol. The van der Waals surface area contributed by atoms with E-state index < -0.39 is 0 Å². The largest absolute Gasteiger partial charge is 0.326 e. The lowest BCUT2D eigenvalue weighted by atomic mass is 10.2. The first-order valence-electron chi connectivity index (χ1n) is 10.1. The van der Waals surface area contributed by atoms with Crippen molar-refractivity contribution in [3.63, 3.8) is 0 Å². The van der Waals surface area contributed by atoms with E-state index in [1.165, 1.54) is 25.8 Å². The van der Waals surface area contributed by atoms with Gasteiger partial charge in [-0.1, -0.05) is 0 Å². The molecule has 0 atom stereocenters. The molecule has 33 heavy (non-hydrogen) atoms. The maximum atomic E-state index is 12.2. The number of nitrogens with one attached hydrogen (secondary N) is 3. The van der Waals surface area contributed by atoms with Gasteiger partial charge in [-0.25, -0.2) is 5.01 Å². The molecule has 0 spiro atoms. The highest BCUT2D eigenvalue weighted by Gasteiger charge is 2.12. The fraction of sp³-hybridized carbons (Fsp3) is 0.125. The molecule has 0 aliphatic carbocycles. The molecule has 0 aliphatic heterocycles. The van der Waals surface area contributed by atoms with Crippen molar-refractivity contribution in [2.24, 2.45) is 10.2 Å². The van der Waals surface area contributed by atoms with Crippen molar-refractivity contribution in [3.8, 4) is 0 Å². The van der Waals surface area contributed by atoms with Gasteiger partial charge in [0.2, 0.25) is 17.7 Å². The van der Waals surface area contributed by atoms with Crippen molar-refractivity contribution < 1.29 is 14.4 Å². The van der Waals surface area contributed by atoms with Gasteiger partial charge in [0.15, 0.2) is 0 Å². The minimum atomic E-state index is -0.199. The lowest BCUT2D eigenvalue weighted by molar-refractivity contribution is -0.116. The van der Waals surface area contributed by atoms with Crippen molar-refractivity contribution in [2.75, 3.05) is 21.1 Å². The van der Waals surface area contributed by atoms with Crippen LogP contribution in [0.5, 0.6) is 0 Å². The third-order valence-corrected chi connectivity index (χ3v) is 4.34. The van der Waals surface area contributed by atoms with Gasteiger partial charge in [-0.15, -0.1) is 0 Å². The summed E-state index contributed by atoms with van der Waals surface area (Å²) >= 11 is 0. The van der Waals surface area contributed by atoms with Crippen LogP contribution in [0.1, 0.15) is 20.8 Å². The zero-order valence-electron chi connectivity index (χ0n) is 18.5. The smallest absolute Gasteiger partial charge is 0.242 e. The molecule has 0 radical (unpaired) electrons. The molecule has 0 heterocycles. The number of hydrogen-bond acceptors (Lipinski definition) is 6. The fourth-order valence-corrected chi connectivity index (χ4v) is 2.88. The number of anilines is 4. The molecule has 0 saturated carbocycles. The van der Waals surface area contributed by atoms with Crippen molar-refractivity contribution in [1.29, 1.82) is 0 Å². The van der Waals surface area contributed by atoms with Crippen molar-refractivity contribution in [3.05, 3.63) is 72.8 Å². The van der Waals surface area contributed by atoms with E-state index in [1.807, 2.05) is 0 Å². The van der Waals surface area contributed by atoms with E-state index in [4.69, 9.17) is 0 Å². The van der Waals surface area contributed by atoms with Gasteiger partial charge in [-0.3, -0.25) is 19.8 Å². The Hall–Kier alpha value is -4.53. The first-order valence-corrected chi connectivity index (χ1v) is 10.1. The molecule has 9 nitrogen and oxygen atoms in total. The molecule has 3 aromatic rings. The van der Waals surface area contributed by atoms with Crippen LogP contribution in [0.2, 0.25) is 0 Å². The Morgan fingerprint density at radius 1 is 0.606 bits per heavy atom. The normalized spacial score (nSPS) is 10.5. The highest BCUT2D eigenvalue weighted by atomic mass is 16.2. The average Bonchev–Trinajstić information content (AvgIpc) is 2.77. The van der Waals surface area contributed by atoms with Crippen LogP contribution in [0.4, 0.5) is 34.1 Å². The zero-order chi connectivity index (χ0) is 23.8. The molecular formula is C24H24N6O3. The van der Waals surface area contributed by atoms with E-state index in [1.54, 1.807) is 72.8 Å². The van der Waals surface area contributed by atoms with Crippen LogP contribution in [0.25, 0.3) is 0 Å². The molecule has 0 fully saturated rings. The Kier molecular flexibility index (Phi) is 7.48. The number of carbonyl (C=O) groups excluding carboxylic acids is 3. The van der Waals surface area contributed by atoms with Crippen molar-refractivity contribution in [1.82, 2.24) is 0 Å². The highest BCUT2D eigenvalue weighted by Crippen LogP contribution is 2.24. The quantitative estimate of drug-likeness (QED) is 0.334. The summed E-state index contributed by atoms with van der Waals surface area (Å²) in [5.41, 5.74) is 6.99. The Labute approximate surface area is 191 Å². The SMILES string of the molecule is CC(=O)Nc1ccc(N=Nc2ccc(N(Nc3ccc(NC(C)=O)cc3)C(C)=O)cc2)cc1. The molecule has 0 aromatic heterocycles. The van der Waals surface area contributed by atoms with E-state index in [9.17, 15) is 14.4 Å². The van der Waals surface area contributed by atoms with Crippen LogP contribution in [-0.2, 0) is 14.4 Å². The molecule has 3 amide bonds. The lowest BCUT2D eigenvalue weighted by Gasteiger charge is -2.23. The molecule has 3 aromatic carbocycles. The monoisotopic (exact) mass is 444 g/mol. The molecule has 3 rings (SSSR count). The second kappa shape index (κ2) is 10.7. The maximum absolute atomic E-state index is 12.2. The van der Waals surface area contributed by atoms with Crippen LogP contribution < -0.4 is 21.1 Å². The van der Waals surface area contributed by atoms with Crippen LogP contribution in [0.15, 0.2) is 83.0 Å². The van der Waals surface area contributed by atoms with Crippen LogP contribution >= 0.6 is 0 Å². The predicted octanol–water partition coefficient (Wildman–Crippen LogP) is 5.40. The summed E-state index contributed by atoms with van der Waals surface area (Å²) in [6.07, 6.45) is 0. The summed E-state index contributed by atoms with van der Waals surface area (Å²) < 4.78 is 0. The number of nitrogens with zero attached hydrogens (tertiary/aromatic N) is 3. The summed E-state index contributed by atoms with van der Waals surface area (Å²) in [6.45, 7) is 4.34. The minimum Gasteiger partial charge on any atom is -0.326 e. The van der Waals surface area contributed by atoms with Gasteiger partial charge in [0.05, 0.1) is 22.7 Å². The summed E-state index contributed by atoms with van der Waals surface area (Å²) in [7, 11) is 0.